The van der Waals surface area contributed by atoms with Gasteiger partial charge in [0.25, 0.3) is 0 Å². The van der Waals surface area contributed by atoms with Crippen LogP contribution in [0.2, 0.25) is 0 Å². The first kappa shape index (κ1) is 10.9. The molecule has 0 saturated carbocycles. The molecule has 1 aromatic rings. The third-order valence-electron chi connectivity index (χ3n) is 1.49. The van der Waals surface area contributed by atoms with Gasteiger partial charge in [-0.1, -0.05) is 5.16 Å². The number of hydrogen-bond donors (Lipinski definition) is 2. The molecule has 78 valence electrons. The summed E-state index contributed by atoms with van der Waals surface area (Å²) in [7, 11) is 1.67. The zero-order valence-corrected chi connectivity index (χ0v) is 8.76. The smallest absolute Gasteiger partial charge is 0.175 e. The normalized spacial score (nSPS) is 9.79. The number of aromatic nitrogens is 1. The highest BCUT2D eigenvalue weighted by Crippen LogP contribution is 1.99. The van der Waals surface area contributed by atoms with E-state index in [0.717, 1.165) is 19.6 Å². The van der Waals surface area contributed by atoms with Crippen molar-refractivity contribution in [1.82, 2.24) is 10.5 Å². The van der Waals surface area contributed by atoms with E-state index in [-0.39, 0.29) is 0 Å². The lowest BCUT2D eigenvalue weighted by Crippen LogP contribution is -2.29. The predicted molar refractivity (Wildman–Crippen MR) is 57.2 cm³/mol. The van der Waals surface area contributed by atoms with Crippen molar-refractivity contribution in [3.05, 3.63) is 12.3 Å². The van der Waals surface area contributed by atoms with E-state index in [2.05, 4.69) is 20.3 Å². The van der Waals surface area contributed by atoms with E-state index in [1.54, 1.807) is 13.2 Å². The lowest BCUT2D eigenvalue weighted by atomic mass is 10.4. The molecule has 0 spiro atoms. The van der Waals surface area contributed by atoms with E-state index in [1.165, 1.54) is 6.26 Å². The molecule has 1 aromatic heterocycles. The zero-order chi connectivity index (χ0) is 10.2. The maximum atomic E-state index is 5.01. The van der Waals surface area contributed by atoms with Gasteiger partial charge >= 0.3 is 0 Å². The van der Waals surface area contributed by atoms with Gasteiger partial charge in [0, 0.05) is 26.3 Å². The van der Waals surface area contributed by atoms with Crippen LogP contribution >= 0.6 is 12.2 Å². The first-order valence-electron chi connectivity index (χ1n) is 4.27. The molecule has 0 aromatic carbocycles. The molecular formula is C8H13N3O2S. The second-order valence-electron chi connectivity index (χ2n) is 2.61. The largest absolute Gasteiger partial charge is 0.385 e. The lowest BCUT2D eigenvalue weighted by molar-refractivity contribution is 0.196. The van der Waals surface area contributed by atoms with Crippen LogP contribution in [0.25, 0.3) is 0 Å². The van der Waals surface area contributed by atoms with E-state index < -0.39 is 0 Å². The Bertz CT molecular complexity index is 264. The van der Waals surface area contributed by atoms with Crippen LogP contribution in [0.5, 0.6) is 0 Å². The Labute approximate surface area is 87.8 Å². The highest BCUT2D eigenvalue weighted by atomic mass is 32.1. The van der Waals surface area contributed by atoms with Gasteiger partial charge in [0.15, 0.2) is 10.9 Å². The van der Waals surface area contributed by atoms with Crippen LogP contribution < -0.4 is 10.6 Å². The molecule has 6 heteroatoms. The Morgan fingerprint density at radius 1 is 1.71 bits per heavy atom. The summed E-state index contributed by atoms with van der Waals surface area (Å²) in [6.45, 7) is 1.50. The highest BCUT2D eigenvalue weighted by molar-refractivity contribution is 7.80. The summed E-state index contributed by atoms with van der Waals surface area (Å²) in [6.07, 6.45) is 2.40. The highest BCUT2D eigenvalue weighted by Gasteiger charge is 1.98. The van der Waals surface area contributed by atoms with Crippen LogP contribution in [0.1, 0.15) is 6.42 Å². The van der Waals surface area contributed by atoms with E-state index in [4.69, 9.17) is 17.0 Å². The minimum absolute atomic E-state index is 0.537. The van der Waals surface area contributed by atoms with Crippen molar-refractivity contribution >= 4 is 23.1 Å². The number of hydrogen-bond acceptors (Lipinski definition) is 4. The number of ether oxygens (including phenoxy) is 1. The Morgan fingerprint density at radius 2 is 2.57 bits per heavy atom. The van der Waals surface area contributed by atoms with E-state index in [0.29, 0.717) is 10.9 Å². The summed E-state index contributed by atoms with van der Waals surface area (Å²) in [5, 5.41) is 10.1. The quantitative estimate of drug-likeness (QED) is 0.564. The molecule has 0 unspecified atom stereocenters. The van der Waals surface area contributed by atoms with E-state index in [9.17, 15) is 0 Å². The molecule has 14 heavy (non-hydrogen) atoms. The van der Waals surface area contributed by atoms with Gasteiger partial charge in [-0.3, -0.25) is 0 Å². The molecule has 0 aliphatic rings. The Kier molecular flexibility index (Phi) is 4.95. The fraction of sp³-hybridized carbons (Fsp3) is 0.500. The van der Waals surface area contributed by atoms with Crippen molar-refractivity contribution in [2.24, 2.45) is 0 Å². The van der Waals surface area contributed by atoms with Crippen molar-refractivity contribution in [1.29, 1.82) is 0 Å². The zero-order valence-electron chi connectivity index (χ0n) is 7.95. The van der Waals surface area contributed by atoms with Gasteiger partial charge in [0.05, 0.1) is 0 Å². The van der Waals surface area contributed by atoms with Crippen LogP contribution in [0.4, 0.5) is 5.82 Å². The molecule has 2 N–H and O–H groups in total. The molecule has 0 amide bonds. The maximum absolute atomic E-state index is 5.01. The minimum Gasteiger partial charge on any atom is -0.385 e. The number of anilines is 1. The van der Waals surface area contributed by atoms with Crippen LogP contribution in [-0.2, 0) is 4.74 Å². The molecule has 0 bridgehead atoms. The Morgan fingerprint density at radius 3 is 3.21 bits per heavy atom. The first-order valence-corrected chi connectivity index (χ1v) is 4.68. The van der Waals surface area contributed by atoms with Gasteiger partial charge in [-0.15, -0.1) is 0 Å². The summed E-state index contributed by atoms with van der Waals surface area (Å²) < 4.78 is 9.54. The van der Waals surface area contributed by atoms with Gasteiger partial charge in [-0.05, 0) is 18.6 Å². The van der Waals surface area contributed by atoms with E-state index in [1.807, 2.05) is 0 Å². The van der Waals surface area contributed by atoms with Crippen LogP contribution in [0.3, 0.4) is 0 Å². The standard InChI is InChI=1S/C8H13N3O2S/c1-12-5-2-4-9-8(14)10-7-3-6-13-11-7/h3,6H,2,4-5H2,1H3,(H2,9,10,11,14). The Hall–Kier alpha value is -1.14. The third kappa shape index (κ3) is 4.20. The fourth-order valence-corrected chi connectivity index (χ4v) is 1.06. The molecule has 0 aliphatic heterocycles. The maximum Gasteiger partial charge on any atom is 0.175 e. The molecule has 1 rings (SSSR count). The number of nitrogens with zero attached hydrogens (tertiary/aromatic N) is 1. The third-order valence-corrected chi connectivity index (χ3v) is 1.74. The van der Waals surface area contributed by atoms with Crippen LogP contribution in [0, 0.1) is 0 Å². The van der Waals surface area contributed by atoms with Crippen molar-refractivity contribution in [3.63, 3.8) is 0 Å². The predicted octanol–water partition coefficient (Wildman–Crippen LogP) is 0.997. The van der Waals surface area contributed by atoms with Gasteiger partial charge < -0.3 is 19.9 Å². The summed E-state index contributed by atoms with van der Waals surface area (Å²) >= 11 is 5.01. The molecule has 1 heterocycles. The SMILES string of the molecule is COCCCNC(=S)Nc1ccon1. The van der Waals surface area contributed by atoms with Crippen molar-refractivity contribution < 1.29 is 9.26 Å². The van der Waals surface area contributed by atoms with Gasteiger partial charge in [-0.25, -0.2) is 0 Å². The van der Waals surface area contributed by atoms with Crippen molar-refractivity contribution in [2.45, 2.75) is 6.42 Å². The average Bonchev–Trinajstić information content (AvgIpc) is 2.65. The van der Waals surface area contributed by atoms with Crippen molar-refractivity contribution in [2.75, 3.05) is 25.6 Å². The lowest BCUT2D eigenvalue weighted by Gasteiger charge is -2.07. The average molecular weight is 215 g/mol. The van der Waals surface area contributed by atoms with Crippen LogP contribution in [0.15, 0.2) is 16.9 Å². The molecule has 0 radical (unpaired) electrons. The summed E-state index contributed by atoms with van der Waals surface area (Å²) in [4.78, 5) is 0. The number of rotatable bonds is 5. The Balaban J connectivity index is 2.11. The monoisotopic (exact) mass is 215 g/mol. The summed E-state index contributed by atoms with van der Waals surface area (Å²) in [6, 6.07) is 1.70. The van der Waals surface area contributed by atoms with Gasteiger partial charge in [-0.2, -0.15) is 0 Å². The molecular weight excluding hydrogens is 202 g/mol. The van der Waals surface area contributed by atoms with E-state index >= 15 is 0 Å². The minimum atomic E-state index is 0.537. The molecule has 5 nitrogen and oxygen atoms in total. The number of nitrogens with one attached hydrogen (secondary N) is 2. The molecule has 0 saturated heterocycles. The summed E-state index contributed by atoms with van der Waals surface area (Å²) in [5.74, 6) is 0.606. The second kappa shape index (κ2) is 6.33. The molecule has 0 aliphatic carbocycles. The van der Waals surface area contributed by atoms with Gasteiger partial charge in [0.1, 0.15) is 6.26 Å². The number of thiocarbonyl (C=S) groups is 1. The molecule has 0 atom stereocenters. The molecule has 0 fully saturated rings. The summed E-state index contributed by atoms with van der Waals surface area (Å²) in [5.41, 5.74) is 0. The second-order valence-corrected chi connectivity index (χ2v) is 3.02. The van der Waals surface area contributed by atoms with Crippen LogP contribution in [-0.4, -0.2) is 30.5 Å². The number of methoxy groups -OCH3 is 1. The fourth-order valence-electron chi connectivity index (χ4n) is 0.856. The van der Waals surface area contributed by atoms with Crippen molar-refractivity contribution in [3.8, 4) is 0 Å². The first-order chi connectivity index (χ1) is 6.83. The topological polar surface area (TPSA) is 59.3 Å². The van der Waals surface area contributed by atoms with Gasteiger partial charge in [0.2, 0.25) is 0 Å².